The zero-order chi connectivity index (χ0) is 23.6. The number of carbonyl (C=O) groups excluding carboxylic acids is 2. The normalized spacial score (nSPS) is 19.3. The van der Waals surface area contributed by atoms with E-state index in [-0.39, 0.29) is 35.8 Å². The number of anilines is 1. The minimum atomic E-state index is -0.570. The number of halogens is 1. The predicted octanol–water partition coefficient (Wildman–Crippen LogP) is 3.57. The molecule has 0 spiro atoms. The molecule has 1 saturated heterocycles. The third-order valence-corrected chi connectivity index (χ3v) is 5.46. The number of rotatable bonds is 5. The van der Waals surface area contributed by atoms with Crippen LogP contribution in [0.2, 0.25) is 5.28 Å². The maximum absolute atomic E-state index is 12.9. The van der Waals surface area contributed by atoms with Crippen molar-refractivity contribution in [3.05, 3.63) is 17.0 Å². The predicted molar refractivity (Wildman–Crippen MR) is 120 cm³/mol. The van der Waals surface area contributed by atoms with Crippen LogP contribution in [0.1, 0.15) is 64.9 Å². The van der Waals surface area contributed by atoms with Crippen LogP contribution in [0.15, 0.2) is 6.07 Å². The van der Waals surface area contributed by atoms with Gasteiger partial charge < -0.3 is 19.3 Å². The van der Waals surface area contributed by atoms with Crippen LogP contribution < -0.4 is 4.90 Å². The van der Waals surface area contributed by atoms with Gasteiger partial charge >= 0.3 is 12.1 Å². The van der Waals surface area contributed by atoms with E-state index in [0.717, 1.165) is 12.8 Å². The van der Waals surface area contributed by atoms with Gasteiger partial charge in [0.25, 0.3) is 0 Å². The minimum Gasteiger partial charge on any atom is -0.461 e. The summed E-state index contributed by atoms with van der Waals surface area (Å²) in [5.41, 5.74) is -0.0308. The van der Waals surface area contributed by atoms with Crippen molar-refractivity contribution in [2.24, 2.45) is 0 Å². The molecule has 3 rings (SSSR count). The number of piperazine rings is 1. The lowest BCUT2D eigenvalue weighted by Gasteiger charge is -2.46. The Morgan fingerprint density at radius 1 is 1.12 bits per heavy atom. The number of ether oxygens (including phenoxy) is 2. The summed E-state index contributed by atoms with van der Waals surface area (Å²) < 4.78 is 12.2. The van der Waals surface area contributed by atoms with E-state index in [1.165, 1.54) is 10.6 Å². The summed E-state index contributed by atoms with van der Waals surface area (Å²) in [7, 11) is 0. The number of hydrogen-bond acceptors (Lipinski definition) is 8. The molecule has 0 N–H and O–H groups in total. The lowest BCUT2D eigenvalue weighted by atomic mass is 10.0. The zero-order valence-corrected chi connectivity index (χ0v) is 20.2. The van der Waals surface area contributed by atoms with Crippen LogP contribution in [0.4, 0.5) is 10.7 Å². The quantitative estimate of drug-likeness (QED) is 0.616. The van der Waals surface area contributed by atoms with Crippen molar-refractivity contribution in [2.75, 3.05) is 24.6 Å². The highest BCUT2D eigenvalue weighted by molar-refractivity contribution is 6.28. The van der Waals surface area contributed by atoms with Gasteiger partial charge in [0.1, 0.15) is 5.60 Å². The highest BCUT2D eigenvalue weighted by Crippen LogP contribution is 2.27. The third kappa shape index (κ3) is 5.06. The first kappa shape index (κ1) is 24.0. The van der Waals surface area contributed by atoms with Gasteiger partial charge in [-0.3, -0.25) is 0 Å². The smallest absolute Gasteiger partial charge is 0.410 e. The second-order valence-corrected chi connectivity index (χ2v) is 9.06. The first-order valence-corrected chi connectivity index (χ1v) is 11.3. The largest absolute Gasteiger partial charge is 0.461 e. The van der Waals surface area contributed by atoms with Crippen molar-refractivity contribution in [1.29, 1.82) is 0 Å². The number of fused-ring (bicyclic) bond motifs is 1. The Labute approximate surface area is 192 Å². The van der Waals surface area contributed by atoms with Crippen LogP contribution in [0.5, 0.6) is 0 Å². The molecule has 2 atom stereocenters. The fourth-order valence-corrected chi connectivity index (χ4v) is 3.94. The lowest BCUT2D eigenvalue weighted by molar-refractivity contribution is 0.00968. The molecule has 0 bridgehead atoms. The second kappa shape index (κ2) is 9.48. The van der Waals surface area contributed by atoms with Crippen molar-refractivity contribution in [3.63, 3.8) is 0 Å². The van der Waals surface area contributed by atoms with E-state index in [1.807, 2.05) is 34.6 Å². The fourth-order valence-electron chi connectivity index (χ4n) is 3.78. The Bertz CT molecular complexity index is 989. The number of amides is 1. The average molecular weight is 467 g/mol. The number of carbonyl (C=O) groups is 2. The highest BCUT2D eigenvalue weighted by atomic mass is 35.5. The molecule has 1 aliphatic rings. The van der Waals surface area contributed by atoms with Gasteiger partial charge in [0, 0.05) is 25.2 Å². The van der Waals surface area contributed by atoms with E-state index in [4.69, 9.17) is 21.1 Å². The molecular formula is C21H31ClN6O4. The monoisotopic (exact) mass is 466 g/mol. The standard InChI is InChI=1S/C21H31ClN6O4/c1-7-13-12-27(20(30)32-21(4,5)6)14(8-2)11-26(13)19-24-18(22)23-16-10-15(25-28(16)19)17(29)31-9-3/h10,13-14H,7-9,11-12H2,1-6H3/t13-,14+/m0/s1. The van der Waals surface area contributed by atoms with Crippen molar-refractivity contribution in [1.82, 2.24) is 24.5 Å². The number of nitrogens with zero attached hydrogens (tertiary/aromatic N) is 6. The summed E-state index contributed by atoms with van der Waals surface area (Å²) in [5.74, 6) is -0.0574. The molecule has 10 nitrogen and oxygen atoms in total. The summed E-state index contributed by atoms with van der Waals surface area (Å²) in [6.07, 6.45) is 1.17. The number of aromatic nitrogens is 4. The number of esters is 1. The molecule has 1 aliphatic heterocycles. The van der Waals surface area contributed by atoms with E-state index >= 15 is 0 Å². The van der Waals surface area contributed by atoms with Gasteiger partial charge in [0.2, 0.25) is 11.2 Å². The Hall–Kier alpha value is -2.62. The van der Waals surface area contributed by atoms with Crippen molar-refractivity contribution in [3.8, 4) is 0 Å². The van der Waals surface area contributed by atoms with Gasteiger partial charge in [0.05, 0.1) is 12.6 Å². The third-order valence-electron chi connectivity index (χ3n) is 5.29. The molecule has 0 radical (unpaired) electrons. The van der Waals surface area contributed by atoms with Gasteiger partial charge in [-0.25, -0.2) is 9.59 Å². The lowest BCUT2D eigenvalue weighted by Crippen LogP contribution is -2.61. The average Bonchev–Trinajstić information content (AvgIpc) is 3.15. The first-order valence-electron chi connectivity index (χ1n) is 10.9. The Morgan fingerprint density at radius 3 is 2.41 bits per heavy atom. The molecule has 11 heteroatoms. The van der Waals surface area contributed by atoms with E-state index in [0.29, 0.717) is 24.7 Å². The van der Waals surface area contributed by atoms with Gasteiger partial charge in [-0.15, -0.1) is 0 Å². The molecule has 3 heterocycles. The molecule has 176 valence electrons. The summed E-state index contributed by atoms with van der Waals surface area (Å²) >= 11 is 6.22. The molecule has 2 aromatic heterocycles. The zero-order valence-electron chi connectivity index (χ0n) is 19.5. The van der Waals surface area contributed by atoms with Crippen LogP contribution in [-0.4, -0.2) is 73.9 Å². The van der Waals surface area contributed by atoms with E-state index < -0.39 is 11.6 Å². The maximum Gasteiger partial charge on any atom is 0.410 e. The van der Waals surface area contributed by atoms with Gasteiger partial charge in [-0.05, 0) is 52.1 Å². The first-order chi connectivity index (χ1) is 15.1. The molecular weight excluding hydrogens is 436 g/mol. The molecule has 32 heavy (non-hydrogen) atoms. The van der Waals surface area contributed by atoms with Crippen molar-refractivity contribution >= 4 is 35.3 Å². The molecule has 0 unspecified atom stereocenters. The van der Waals surface area contributed by atoms with Crippen LogP contribution in [-0.2, 0) is 9.47 Å². The van der Waals surface area contributed by atoms with E-state index in [2.05, 4.69) is 20.0 Å². The van der Waals surface area contributed by atoms with Gasteiger partial charge in [0.15, 0.2) is 11.3 Å². The van der Waals surface area contributed by atoms with Crippen molar-refractivity contribution in [2.45, 2.75) is 72.1 Å². The maximum atomic E-state index is 12.9. The summed E-state index contributed by atoms with van der Waals surface area (Å²) in [6.45, 7) is 12.6. The molecule has 1 amide bonds. The topological polar surface area (TPSA) is 102 Å². The highest BCUT2D eigenvalue weighted by Gasteiger charge is 2.38. The molecule has 0 aromatic carbocycles. The molecule has 1 fully saturated rings. The van der Waals surface area contributed by atoms with Gasteiger partial charge in [-0.2, -0.15) is 19.6 Å². The Balaban J connectivity index is 1.98. The SMILES string of the molecule is CCOC(=O)c1cc2nc(Cl)nc(N3C[C@@H](CC)N(C(=O)OC(C)(C)C)C[C@@H]3CC)n2n1. The summed E-state index contributed by atoms with van der Waals surface area (Å²) in [6, 6.07) is 1.40. The van der Waals surface area contributed by atoms with E-state index in [9.17, 15) is 9.59 Å². The fraction of sp³-hybridized carbons (Fsp3) is 0.667. The van der Waals surface area contributed by atoms with Crippen LogP contribution in [0.3, 0.4) is 0 Å². The van der Waals surface area contributed by atoms with Crippen molar-refractivity contribution < 1.29 is 19.1 Å². The number of hydrogen-bond donors (Lipinski definition) is 0. The van der Waals surface area contributed by atoms with Crippen LogP contribution in [0, 0.1) is 0 Å². The van der Waals surface area contributed by atoms with E-state index in [1.54, 1.807) is 11.8 Å². The molecule has 2 aromatic rings. The summed E-state index contributed by atoms with van der Waals surface area (Å²) in [4.78, 5) is 37.6. The molecule has 0 saturated carbocycles. The second-order valence-electron chi connectivity index (χ2n) is 8.72. The van der Waals surface area contributed by atoms with Crippen LogP contribution in [0.25, 0.3) is 5.65 Å². The van der Waals surface area contributed by atoms with Gasteiger partial charge in [-0.1, -0.05) is 13.8 Å². The minimum absolute atomic E-state index is 0.0465. The Kier molecular flexibility index (Phi) is 7.12. The Morgan fingerprint density at radius 2 is 1.81 bits per heavy atom. The molecule has 0 aliphatic carbocycles. The van der Waals surface area contributed by atoms with Crippen LogP contribution >= 0.6 is 11.6 Å². The summed E-state index contributed by atoms with van der Waals surface area (Å²) in [5, 5.41) is 4.44.